The van der Waals surface area contributed by atoms with E-state index in [1.54, 1.807) is 11.9 Å². The summed E-state index contributed by atoms with van der Waals surface area (Å²) in [5.41, 5.74) is 2.13. The lowest BCUT2D eigenvalue weighted by Gasteiger charge is -2.31. The minimum Gasteiger partial charge on any atom is -0.344 e. The second-order valence-corrected chi connectivity index (χ2v) is 8.61. The fourth-order valence-electron chi connectivity index (χ4n) is 2.21. The number of hydrogen-bond donors (Lipinski definition) is 0. The first-order chi connectivity index (χ1) is 9.93. The van der Waals surface area contributed by atoms with Gasteiger partial charge in [-0.3, -0.25) is 4.79 Å². The number of likely N-dealkylation sites (N-methyl/N-ethyl adjacent to an activating group) is 2. The molecule has 0 atom stereocenters. The molecule has 22 heavy (non-hydrogen) atoms. The molecule has 0 saturated heterocycles. The van der Waals surface area contributed by atoms with E-state index in [9.17, 15) is 13.2 Å². The molecule has 0 fully saturated rings. The number of nitrogens with zero attached hydrogens (tertiary/aromatic N) is 2. The average Bonchev–Trinajstić information content (AvgIpc) is 2.37. The van der Waals surface area contributed by atoms with E-state index in [1.807, 2.05) is 6.92 Å². The summed E-state index contributed by atoms with van der Waals surface area (Å²) >= 11 is 0. The van der Waals surface area contributed by atoms with Gasteiger partial charge in [-0.1, -0.05) is 43.7 Å². The van der Waals surface area contributed by atoms with Crippen LogP contribution in [0.2, 0.25) is 0 Å². The van der Waals surface area contributed by atoms with E-state index in [4.69, 9.17) is 0 Å². The van der Waals surface area contributed by atoms with Crippen LogP contribution in [0.5, 0.6) is 0 Å². The number of sulfonamides is 1. The Bertz CT molecular complexity index is 621. The molecular weight excluding hydrogens is 300 g/mol. The second kappa shape index (κ2) is 6.79. The number of amides is 1. The van der Waals surface area contributed by atoms with E-state index in [-0.39, 0.29) is 17.9 Å². The Hall–Kier alpha value is -1.40. The molecule has 0 heterocycles. The summed E-state index contributed by atoms with van der Waals surface area (Å²) in [5, 5.41) is 0. The van der Waals surface area contributed by atoms with Gasteiger partial charge < -0.3 is 4.90 Å². The molecule has 0 radical (unpaired) electrons. The summed E-state index contributed by atoms with van der Waals surface area (Å²) < 4.78 is 23.8. The molecule has 0 N–H and O–H groups in total. The lowest BCUT2D eigenvalue weighted by Crippen LogP contribution is -2.43. The van der Waals surface area contributed by atoms with Gasteiger partial charge in [0.1, 0.15) is 0 Å². The Morgan fingerprint density at radius 1 is 1.14 bits per heavy atom. The summed E-state index contributed by atoms with van der Waals surface area (Å²) in [7, 11) is -0.235. The average molecular weight is 326 g/mol. The summed E-state index contributed by atoms with van der Waals surface area (Å²) in [4.78, 5) is 13.8. The van der Waals surface area contributed by atoms with E-state index in [2.05, 4.69) is 38.1 Å². The van der Waals surface area contributed by atoms with Crippen molar-refractivity contribution in [2.75, 3.05) is 33.4 Å². The van der Waals surface area contributed by atoms with Gasteiger partial charge in [-0.25, -0.2) is 8.42 Å². The van der Waals surface area contributed by atoms with Crippen molar-refractivity contribution in [3.63, 3.8) is 0 Å². The number of aryl methyl sites for hydroxylation is 1. The number of hydrogen-bond acceptors (Lipinski definition) is 3. The Labute approximate surface area is 134 Å². The van der Waals surface area contributed by atoms with Gasteiger partial charge in [0.25, 0.3) is 0 Å². The quantitative estimate of drug-likeness (QED) is 0.798. The minimum atomic E-state index is -3.35. The normalized spacial score (nSPS) is 12.5. The predicted molar refractivity (Wildman–Crippen MR) is 89.3 cm³/mol. The number of carbonyl (C=O) groups is 1. The van der Waals surface area contributed by atoms with Crippen LogP contribution in [0.15, 0.2) is 24.3 Å². The first-order valence-electron chi connectivity index (χ1n) is 7.16. The molecule has 1 rings (SSSR count). The molecular formula is C16H26N2O3S. The van der Waals surface area contributed by atoms with Crippen LogP contribution in [0.3, 0.4) is 0 Å². The van der Waals surface area contributed by atoms with Crippen molar-refractivity contribution in [1.82, 2.24) is 9.21 Å². The highest BCUT2D eigenvalue weighted by molar-refractivity contribution is 7.88. The van der Waals surface area contributed by atoms with Crippen LogP contribution in [0, 0.1) is 6.92 Å². The molecule has 0 spiro atoms. The molecule has 124 valence electrons. The molecule has 1 aromatic rings. The van der Waals surface area contributed by atoms with Gasteiger partial charge in [0.05, 0.1) is 12.8 Å². The van der Waals surface area contributed by atoms with Crippen molar-refractivity contribution in [3.8, 4) is 0 Å². The number of carbonyl (C=O) groups excluding carboxylic acids is 1. The fraction of sp³-hybridized carbons (Fsp3) is 0.562. The smallest absolute Gasteiger partial charge is 0.237 e. The highest BCUT2D eigenvalue weighted by Gasteiger charge is 2.26. The lowest BCUT2D eigenvalue weighted by atomic mass is 9.84. The van der Waals surface area contributed by atoms with Crippen molar-refractivity contribution in [2.45, 2.75) is 26.2 Å². The van der Waals surface area contributed by atoms with Gasteiger partial charge in [0.2, 0.25) is 15.9 Å². The Balaban J connectivity index is 2.76. The van der Waals surface area contributed by atoms with E-state index >= 15 is 0 Å². The zero-order valence-corrected chi connectivity index (χ0v) is 15.1. The predicted octanol–water partition coefficient (Wildman–Crippen LogP) is 1.62. The monoisotopic (exact) mass is 326 g/mol. The highest BCUT2D eigenvalue weighted by Crippen LogP contribution is 2.24. The highest BCUT2D eigenvalue weighted by atomic mass is 32.2. The largest absolute Gasteiger partial charge is 0.344 e. The molecule has 6 heteroatoms. The third-order valence-electron chi connectivity index (χ3n) is 3.82. The zero-order valence-electron chi connectivity index (χ0n) is 14.3. The van der Waals surface area contributed by atoms with E-state index in [0.29, 0.717) is 6.54 Å². The summed E-state index contributed by atoms with van der Waals surface area (Å²) in [6, 6.07) is 8.24. The fourth-order valence-corrected chi connectivity index (χ4v) is 2.55. The third kappa shape index (κ3) is 5.10. The van der Waals surface area contributed by atoms with E-state index in [1.165, 1.54) is 12.6 Å². The van der Waals surface area contributed by atoms with Crippen LogP contribution in [0.25, 0.3) is 0 Å². The van der Waals surface area contributed by atoms with Crippen LogP contribution in [-0.2, 0) is 20.2 Å². The molecule has 5 nitrogen and oxygen atoms in total. The van der Waals surface area contributed by atoms with Crippen LogP contribution in [0.4, 0.5) is 0 Å². The maximum absolute atomic E-state index is 12.2. The van der Waals surface area contributed by atoms with Gasteiger partial charge >= 0.3 is 0 Å². The van der Waals surface area contributed by atoms with Crippen molar-refractivity contribution < 1.29 is 13.2 Å². The van der Waals surface area contributed by atoms with Crippen molar-refractivity contribution in [2.24, 2.45) is 0 Å². The SMILES string of the molecule is Cc1ccc(C(C)(C)CN(C)C(=O)CN(C)S(C)(=O)=O)cc1. The molecule has 0 unspecified atom stereocenters. The summed E-state index contributed by atoms with van der Waals surface area (Å²) in [5.74, 6) is -0.215. The van der Waals surface area contributed by atoms with Gasteiger partial charge in [-0.2, -0.15) is 4.31 Å². The van der Waals surface area contributed by atoms with E-state index in [0.717, 1.165) is 16.1 Å². The van der Waals surface area contributed by atoms with Crippen LogP contribution < -0.4 is 0 Å². The summed E-state index contributed by atoms with van der Waals surface area (Å²) in [6.45, 7) is 6.56. The molecule has 0 bridgehead atoms. The van der Waals surface area contributed by atoms with Gasteiger partial charge in [-0.15, -0.1) is 0 Å². The first-order valence-corrected chi connectivity index (χ1v) is 9.01. The van der Waals surface area contributed by atoms with Crippen molar-refractivity contribution in [1.29, 1.82) is 0 Å². The van der Waals surface area contributed by atoms with Crippen molar-refractivity contribution in [3.05, 3.63) is 35.4 Å². The molecule has 0 aliphatic heterocycles. The Kier molecular flexibility index (Phi) is 5.76. The van der Waals surface area contributed by atoms with Crippen LogP contribution >= 0.6 is 0 Å². The van der Waals surface area contributed by atoms with Gasteiger partial charge in [-0.05, 0) is 12.5 Å². The molecule has 0 saturated carbocycles. The minimum absolute atomic E-state index is 0.140. The maximum atomic E-state index is 12.2. The number of rotatable bonds is 6. The zero-order chi connectivity index (χ0) is 17.1. The maximum Gasteiger partial charge on any atom is 0.237 e. The molecule has 0 aromatic heterocycles. The summed E-state index contributed by atoms with van der Waals surface area (Å²) in [6.07, 6.45) is 1.09. The van der Waals surface area contributed by atoms with Gasteiger partial charge in [0.15, 0.2) is 0 Å². The molecule has 1 aromatic carbocycles. The standard InChI is InChI=1S/C16H26N2O3S/c1-13-7-9-14(10-8-13)16(2,3)12-17(4)15(19)11-18(5)22(6,20)21/h7-10H,11-12H2,1-6H3. The topological polar surface area (TPSA) is 57.7 Å². The van der Waals surface area contributed by atoms with Crippen LogP contribution in [-0.4, -0.2) is 57.0 Å². The molecule has 0 aliphatic rings. The number of benzene rings is 1. The van der Waals surface area contributed by atoms with E-state index < -0.39 is 10.0 Å². The third-order valence-corrected chi connectivity index (χ3v) is 5.08. The van der Waals surface area contributed by atoms with Gasteiger partial charge in [0, 0.05) is 26.1 Å². The lowest BCUT2D eigenvalue weighted by molar-refractivity contribution is -0.130. The van der Waals surface area contributed by atoms with Crippen LogP contribution in [0.1, 0.15) is 25.0 Å². The van der Waals surface area contributed by atoms with Crippen molar-refractivity contribution >= 4 is 15.9 Å². The molecule has 0 aliphatic carbocycles. The first kappa shape index (κ1) is 18.6. The Morgan fingerprint density at radius 2 is 1.64 bits per heavy atom. The second-order valence-electron chi connectivity index (χ2n) is 6.52. The Morgan fingerprint density at radius 3 is 2.09 bits per heavy atom. The molecule has 1 amide bonds.